The van der Waals surface area contributed by atoms with Crippen molar-refractivity contribution in [3.05, 3.63) is 34.9 Å². The summed E-state index contributed by atoms with van der Waals surface area (Å²) in [4.78, 5) is 24.0. The molecule has 5 heteroatoms. The van der Waals surface area contributed by atoms with Gasteiger partial charge in [-0.1, -0.05) is 30.2 Å². The fourth-order valence-corrected chi connectivity index (χ4v) is 2.98. The van der Waals surface area contributed by atoms with Crippen molar-refractivity contribution < 1.29 is 14.3 Å². The Morgan fingerprint density at radius 3 is 2.95 bits per heavy atom. The second kappa shape index (κ2) is 7.46. The molecule has 0 aromatic heterocycles. The Hall–Kier alpha value is -1.55. The number of hydrogen-bond acceptors (Lipinski definition) is 3. The van der Waals surface area contributed by atoms with E-state index in [1.807, 2.05) is 12.1 Å². The van der Waals surface area contributed by atoms with E-state index >= 15 is 0 Å². The number of Topliss-reactive ketones (excluding diaryl/α,β-unsaturated/α-hetero) is 1. The third-order valence-corrected chi connectivity index (χ3v) is 4.00. The van der Waals surface area contributed by atoms with Crippen LogP contribution in [0.4, 0.5) is 4.79 Å². The number of nitrogens with one attached hydrogen (secondary N) is 1. The molecular weight excluding hydrogens is 290 g/mol. The van der Waals surface area contributed by atoms with Gasteiger partial charge in [-0.3, -0.25) is 4.79 Å². The maximum absolute atomic E-state index is 12.2. The van der Waals surface area contributed by atoms with E-state index in [1.165, 1.54) is 0 Å². The second-order valence-corrected chi connectivity index (χ2v) is 5.65. The van der Waals surface area contributed by atoms with Crippen LogP contribution in [0.2, 0.25) is 5.02 Å². The average Bonchev–Trinajstić information content (AvgIpc) is 2.46. The number of alkyl carbamates (subject to hydrolysis) is 1. The number of carbonyl (C=O) groups excluding carboxylic acids is 2. The van der Waals surface area contributed by atoms with Crippen LogP contribution in [0.1, 0.15) is 44.2 Å². The lowest BCUT2D eigenvalue weighted by atomic mass is 9.80. The third-order valence-electron chi connectivity index (χ3n) is 3.76. The minimum absolute atomic E-state index is 0.197. The molecule has 0 radical (unpaired) electrons. The highest BCUT2D eigenvalue weighted by atomic mass is 35.5. The van der Waals surface area contributed by atoms with Crippen molar-refractivity contribution in [3.63, 3.8) is 0 Å². The highest BCUT2D eigenvalue weighted by molar-refractivity contribution is 6.30. The SMILES string of the molecule is CCOC(=O)N[C@H](c1cccc(Cl)c1)[C@@H]1CCCCC1=O. The minimum atomic E-state index is -0.499. The summed E-state index contributed by atoms with van der Waals surface area (Å²) in [5, 5.41) is 3.41. The molecule has 0 saturated heterocycles. The van der Waals surface area contributed by atoms with E-state index in [9.17, 15) is 9.59 Å². The first kappa shape index (κ1) is 15.8. The molecule has 1 saturated carbocycles. The maximum atomic E-state index is 12.2. The van der Waals surface area contributed by atoms with Crippen molar-refractivity contribution >= 4 is 23.5 Å². The van der Waals surface area contributed by atoms with Crippen LogP contribution in [-0.4, -0.2) is 18.5 Å². The number of ketones is 1. The van der Waals surface area contributed by atoms with E-state index in [-0.39, 0.29) is 17.7 Å². The van der Waals surface area contributed by atoms with Crippen molar-refractivity contribution in [2.24, 2.45) is 5.92 Å². The summed E-state index contributed by atoms with van der Waals surface area (Å²) in [5.41, 5.74) is 0.843. The quantitative estimate of drug-likeness (QED) is 0.918. The molecule has 1 N–H and O–H groups in total. The van der Waals surface area contributed by atoms with Gasteiger partial charge in [-0.05, 0) is 37.5 Å². The summed E-state index contributed by atoms with van der Waals surface area (Å²) in [6.07, 6.45) is 2.78. The predicted molar refractivity (Wildman–Crippen MR) is 81.3 cm³/mol. The molecule has 0 bridgehead atoms. The third kappa shape index (κ3) is 4.21. The van der Waals surface area contributed by atoms with E-state index in [1.54, 1.807) is 19.1 Å². The molecule has 1 amide bonds. The van der Waals surface area contributed by atoms with E-state index < -0.39 is 6.09 Å². The number of benzene rings is 1. The predicted octanol–water partition coefficient (Wildman–Crippen LogP) is 3.89. The number of amides is 1. The van der Waals surface area contributed by atoms with Crippen LogP contribution in [0.15, 0.2) is 24.3 Å². The number of halogens is 1. The molecule has 1 aromatic rings. The van der Waals surface area contributed by atoms with Gasteiger partial charge in [0.25, 0.3) is 0 Å². The topological polar surface area (TPSA) is 55.4 Å². The molecular formula is C16H20ClNO3. The Kier molecular flexibility index (Phi) is 5.62. The second-order valence-electron chi connectivity index (χ2n) is 5.22. The fraction of sp³-hybridized carbons (Fsp3) is 0.500. The molecule has 2 rings (SSSR count). The first-order valence-corrected chi connectivity index (χ1v) is 7.71. The van der Waals surface area contributed by atoms with Crippen LogP contribution in [0.25, 0.3) is 0 Å². The Labute approximate surface area is 129 Å². The minimum Gasteiger partial charge on any atom is -0.450 e. The van der Waals surface area contributed by atoms with E-state index in [0.717, 1.165) is 24.8 Å². The molecule has 1 fully saturated rings. The molecule has 0 unspecified atom stereocenters. The number of carbonyl (C=O) groups is 2. The highest BCUT2D eigenvalue weighted by Crippen LogP contribution is 2.33. The van der Waals surface area contributed by atoms with Crippen molar-refractivity contribution in [1.29, 1.82) is 0 Å². The molecule has 1 aliphatic rings. The first-order valence-electron chi connectivity index (χ1n) is 7.33. The Morgan fingerprint density at radius 2 is 2.29 bits per heavy atom. The maximum Gasteiger partial charge on any atom is 0.407 e. The smallest absolute Gasteiger partial charge is 0.407 e. The summed E-state index contributed by atoms with van der Waals surface area (Å²) >= 11 is 6.03. The lowest BCUT2D eigenvalue weighted by Gasteiger charge is -2.30. The fourth-order valence-electron chi connectivity index (χ4n) is 2.78. The highest BCUT2D eigenvalue weighted by Gasteiger charge is 2.32. The summed E-state index contributed by atoms with van der Waals surface area (Å²) in [6.45, 7) is 2.05. The lowest BCUT2D eigenvalue weighted by Crippen LogP contribution is -2.38. The largest absolute Gasteiger partial charge is 0.450 e. The Balaban J connectivity index is 2.24. The Morgan fingerprint density at radius 1 is 1.48 bits per heavy atom. The van der Waals surface area contributed by atoms with Crippen molar-refractivity contribution in [3.8, 4) is 0 Å². The van der Waals surface area contributed by atoms with Crippen LogP contribution in [0, 0.1) is 5.92 Å². The van der Waals surface area contributed by atoms with Gasteiger partial charge in [-0.25, -0.2) is 4.79 Å². The zero-order valence-corrected chi connectivity index (χ0v) is 12.9. The van der Waals surface area contributed by atoms with Crippen LogP contribution < -0.4 is 5.32 Å². The molecule has 4 nitrogen and oxygen atoms in total. The van der Waals surface area contributed by atoms with Crippen LogP contribution in [0.3, 0.4) is 0 Å². The van der Waals surface area contributed by atoms with Crippen LogP contribution >= 0.6 is 11.6 Å². The van der Waals surface area contributed by atoms with Crippen molar-refractivity contribution in [2.75, 3.05) is 6.61 Å². The molecule has 0 aliphatic heterocycles. The monoisotopic (exact) mass is 309 g/mol. The molecule has 1 aliphatic carbocycles. The van der Waals surface area contributed by atoms with Crippen LogP contribution in [-0.2, 0) is 9.53 Å². The van der Waals surface area contributed by atoms with Gasteiger partial charge in [-0.15, -0.1) is 0 Å². The summed E-state index contributed by atoms with van der Waals surface area (Å²) in [7, 11) is 0. The lowest BCUT2D eigenvalue weighted by molar-refractivity contribution is -0.125. The van der Waals surface area contributed by atoms with Gasteiger partial charge in [0, 0.05) is 17.4 Å². The van der Waals surface area contributed by atoms with Crippen LogP contribution in [0.5, 0.6) is 0 Å². The van der Waals surface area contributed by atoms with Gasteiger partial charge in [-0.2, -0.15) is 0 Å². The molecule has 0 spiro atoms. The van der Waals surface area contributed by atoms with Gasteiger partial charge in [0.2, 0.25) is 0 Å². The van der Waals surface area contributed by atoms with Gasteiger partial charge in [0.15, 0.2) is 0 Å². The summed E-state index contributed by atoms with van der Waals surface area (Å²) in [6, 6.07) is 6.89. The van der Waals surface area contributed by atoms with Crippen molar-refractivity contribution in [2.45, 2.75) is 38.6 Å². The molecule has 21 heavy (non-hydrogen) atoms. The molecule has 0 heterocycles. The van der Waals surface area contributed by atoms with Gasteiger partial charge >= 0.3 is 6.09 Å². The van der Waals surface area contributed by atoms with Crippen molar-refractivity contribution in [1.82, 2.24) is 5.32 Å². The molecule has 1 aromatic carbocycles. The zero-order chi connectivity index (χ0) is 15.2. The zero-order valence-electron chi connectivity index (χ0n) is 12.1. The summed E-state index contributed by atoms with van der Waals surface area (Å²) in [5.74, 6) is -0.00959. The van der Waals surface area contributed by atoms with E-state index in [2.05, 4.69) is 5.32 Å². The first-order chi connectivity index (χ1) is 10.1. The number of ether oxygens (including phenoxy) is 1. The molecule has 2 atom stereocenters. The van der Waals surface area contributed by atoms with E-state index in [4.69, 9.17) is 16.3 Å². The van der Waals surface area contributed by atoms with Gasteiger partial charge < -0.3 is 10.1 Å². The van der Waals surface area contributed by atoms with Gasteiger partial charge in [0.1, 0.15) is 5.78 Å². The number of rotatable bonds is 4. The van der Waals surface area contributed by atoms with Gasteiger partial charge in [0.05, 0.1) is 12.6 Å². The Bertz CT molecular complexity index is 518. The average molecular weight is 310 g/mol. The standard InChI is InChI=1S/C16H20ClNO3/c1-2-21-16(20)18-15(11-6-5-7-12(17)10-11)13-8-3-4-9-14(13)19/h5-7,10,13,15H,2-4,8-9H2,1H3,(H,18,20)/t13-,15-/m1/s1. The number of hydrogen-bond donors (Lipinski definition) is 1. The molecule has 114 valence electrons. The van der Waals surface area contributed by atoms with E-state index in [0.29, 0.717) is 18.1 Å². The summed E-state index contributed by atoms with van der Waals surface area (Å²) < 4.78 is 4.96. The normalized spacial score (nSPS) is 19.9.